The third-order valence-corrected chi connectivity index (χ3v) is 2.49. The average Bonchev–Trinajstić information content (AvgIpc) is 2.66. The van der Waals surface area contributed by atoms with Crippen LogP contribution in [0, 0.1) is 11.3 Å². The van der Waals surface area contributed by atoms with Crippen LogP contribution >= 0.6 is 0 Å². The lowest BCUT2D eigenvalue weighted by atomic mass is 9.98. The monoisotopic (exact) mass is 208 g/mol. The molecule has 0 fully saturated rings. The first-order valence-electron chi connectivity index (χ1n) is 5.07. The summed E-state index contributed by atoms with van der Waals surface area (Å²) in [7, 11) is 0. The predicted octanol–water partition coefficient (Wildman–Crippen LogP) is 1.55. The number of nitrogens with one attached hydrogen (secondary N) is 1. The van der Waals surface area contributed by atoms with Crippen LogP contribution in [0.4, 0.5) is 0 Å². The summed E-state index contributed by atoms with van der Waals surface area (Å²) in [6.45, 7) is 4.60. The molecule has 0 aliphatic heterocycles. The molecule has 15 heavy (non-hydrogen) atoms. The molecule has 5 nitrogen and oxygen atoms in total. The number of hydrogen-bond donors (Lipinski definition) is 1. The van der Waals surface area contributed by atoms with Crippen LogP contribution in [0.15, 0.2) is 6.20 Å². The summed E-state index contributed by atoms with van der Waals surface area (Å²) >= 11 is 0. The Morgan fingerprint density at radius 2 is 2.47 bits per heavy atom. The molecule has 0 aliphatic carbocycles. The molecular formula is C10H16N4O. The van der Waals surface area contributed by atoms with Gasteiger partial charge in [0.25, 0.3) is 0 Å². The lowest BCUT2D eigenvalue weighted by Crippen LogP contribution is -2.12. The summed E-state index contributed by atoms with van der Waals surface area (Å²) in [5.41, 5.74) is 1.06. The zero-order valence-electron chi connectivity index (χ0n) is 9.10. The molecule has 1 rings (SSSR count). The quantitative estimate of drug-likeness (QED) is 0.569. The van der Waals surface area contributed by atoms with Crippen molar-refractivity contribution in [3.8, 4) is 0 Å². The average molecular weight is 208 g/mol. The van der Waals surface area contributed by atoms with E-state index < -0.39 is 0 Å². The third kappa shape index (κ3) is 3.27. The lowest BCUT2D eigenvalue weighted by molar-refractivity contribution is 0.111. The summed E-state index contributed by atoms with van der Waals surface area (Å²) in [5, 5.41) is 15.0. The van der Waals surface area contributed by atoms with Gasteiger partial charge in [0.05, 0.1) is 6.20 Å². The number of hydrogen-bond acceptors (Lipinski definition) is 4. The Balaban J connectivity index is 2.48. The number of aldehydes is 1. The Morgan fingerprint density at radius 1 is 1.73 bits per heavy atom. The number of carbonyl (C=O) groups is 1. The van der Waals surface area contributed by atoms with Crippen molar-refractivity contribution >= 4 is 12.0 Å². The molecule has 0 radical (unpaired) electrons. The number of rotatable bonds is 6. The van der Waals surface area contributed by atoms with Gasteiger partial charge in [-0.2, -0.15) is 0 Å². The van der Waals surface area contributed by atoms with Gasteiger partial charge in [-0.1, -0.05) is 12.1 Å². The van der Waals surface area contributed by atoms with Gasteiger partial charge >= 0.3 is 0 Å². The Labute approximate surface area is 89.0 Å². The molecule has 1 aromatic rings. The van der Waals surface area contributed by atoms with E-state index in [-0.39, 0.29) is 0 Å². The van der Waals surface area contributed by atoms with Crippen LogP contribution < -0.4 is 0 Å². The maximum atomic E-state index is 10.4. The van der Waals surface area contributed by atoms with E-state index in [0.29, 0.717) is 30.2 Å². The van der Waals surface area contributed by atoms with Crippen molar-refractivity contribution in [1.29, 1.82) is 5.41 Å². The van der Waals surface area contributed by atoms with Crippen LogP contribution in [-0.2, 0) is 6.54 Å². The van der Waals surface area contributed by atoms with Crippen molar-refractivity contribution in [2.24, 2.45) is 5.92 Å². The second-order valence-electron chi connectivity index (χ2n) is 3.60. The number of aryl methyl sites for hydroxylation is 1. The summed E-state index contributed by atoms with van der Waals surface area (Å²) < 4.78 is 1.65. The summed E-state index contributed by atoms with van der Waals surface area (Å²) in [5.74, 6) is 0.300. The Hall–Kier alpha value is -1.52. The van der Waals surface area contributed by atoms with Gasteiger partial charge in [-0.05, 0) is 25.7 Å². The zero-order valence-corrected chi connectivity index (χ0v) is 9.10. The Bertz CT molecular complexity index is 345. The van der Waals surface area contributed by atoms with E-state index in [2.05, 4.69) is 17.2 Å². The summed E-state index contributed by atoms with van der Waals surface area (Å²) in [6, 6.07) is 0. The van der Waals surface area contributed by atoms with Crippen LogP contribution in [0.2, 0.25) is 0 Å². The number of aromatic nitrogens is 3. The van der Waals surface area contributed by atoms with Crippen molar-refractivity contribution in [3.05, 3.63) is 11.9 Å². The van der Waals surface area contributed by atoms with E-state index in [0.717, 1.165) is 12.8 Å². The lowest BCUT2D eigenvalue weighted by Gasteiger charge is -2.12. The van der Waals surface area contributed by atoms with Gasteiger partial charge in [0.15, 0.2) is 6.29 Å². The Morgan fingerprint density at radius 3 is 2.93 bits per heavy atom. The van der Waals surface area contributed by atoms with Gasteiger partial charge in [0, 0.05) is 12.3 Å². The molecule has 0 spiro atoms. The minimum atomic E-state index is 0.300. The second kappa shape index (κ2) is 5.38. The normalized spacial score (nSPS) is 12.4. The van der Waals surface area contributed by atoms with E-state index in [1.807, 2.05) is 6.92 Å². The molecule has 1 heterocycles. The standard InChI is InChI=1S/C10H16N4O/c1-3-9(8(2)11)4-5-14-6-10(7-15)12-13-14/h6-7,9,11H,3-5H2,1-2H3. The molecule has 0 aliphatic rings. The van der Waals surface area contributed by atoms with E-state index in [1.54, 1.807) is 10.9 Å². The molecule has 0 bridgehead atoms. The van der Waals surface area contributed by atoms with E-state index in [4.69, 9.17) is 5.41 Å². The van der Waals surface area contributed by atoms with Gasteiger partial charge in [-0.3, -0.25) is 9.48 Å². The molecule has 1 atom stereocenters. The highest BCUT2D eigenvalue weighted by atomic mass is 16.1. The van der Waals surface area contributed by atoms with Crippen LogP contribution in [0.3, 0.4) is 0 Å². The summed E-state index contributed by atoms with van der Waals surface area (Å²) in [6.07, 6.45) is 4.14. The highest BCUT2D eigenvalue weighted by Gasteiger charge is 2.09. The largest absolute Gasteiger partial charge is 0.310 e. The van der Waals surface area contributed by atoms with Crippen molar-refractivity contribution in [2.45, 2.75) is 33.2 Å². The van der Waals surface area contributed by atoms with Crippen molar-refractivity contribution in [3.63, 3.8) is 0 Å². The molecule has 82 valence electrons. The summed E-state index contributed by atoms with van der Waals surface area (Å²) in [4.78, 5) is 10.4. The van der Waals surface area contributed by atoms with Crippen LogP contribution in [0.1, 0.15) is 37.2 Å². The van der Waals surface area contributed by atoms with Gasteiger partial charge < -0.3 is 5.41 Å². The molecule has 0 aromatic carbocycles. The van der Waals surface area contributed by atoms with Gasteiger partial charge in [-0.15, -0.1) is 5.10 Å². The first-order chi connectivity index (χ1) is 7.17. The molecule has 1 N–H and O–H groups in total. The minimum absolute atomic E-state index is 0.300. The fourth-order valence-corrected chi connectivity index (χ4v) is 1.49. The molecule has 1 aromatic heterocycles. The van der Waals surface area contributed by atoms with Gasteiger partial charge in [0.2, 0.25) is 0 Å². The molecule has 0 amide bonds. The molecule has 5 heteroatoms. The molecular weight excluding hydrogens is 192 g/mol. The Kier molecular flexibility index (Phi) is 4.15. The van der Waals surface area contributed by atoms with Crippen LogP contribution in [0.5, 0.6) is 0 Å². The first kappa shape index (κ1) is 11.6. The van der Waals surface area contributed by atoms with E-state index >= 15 is 0 Å². The van der Waals surface area contributed by atoms with Crippen LogP contribution in [0.25, 0.3) is 0 Å². The SMILES string of the molecule is CCC(CCn1cc(C=O)nn1)C(C)=N. The number of nitrogens with zero attached hydrogens (tertiary/aromatic N) is 3. The maximum Gasteiger partial charge on any atom is 0.171 e. The topological polar surface area (TPSA) is 71.6 Å². The predicted molar refractivity (Wildman–Crippen MR) is 57.2 cm³/mol. The van der Waals surface area contributed by atoms with E-state index in [1.165, 1.54) is 0 Å². The fourth-order valence-electron chi connectivity index (χ4n) is 1.49. The molecule has 1 unspecified atom stereocenters. The van der Waals surface area contributed by atoms with E-state index in [9.17, 15) is 4.79 Å². The fraction of sp³-hybridized carbons (Fsp3) is 0.600. The van der Waals surface area contributed by atoms with Gasteiger partial charge in [0.1, 0.15) is 5.69 Å². The first-order valence-corrected chi connectivity index (χ1v) is 5.07. The second-order valence-corrected chi connectivity index (χ2v) is 3.60. The smallest absolute Gasteiger partial charge is 0.171 e. The highest BCUT2D eigenvalue weighted by Crippen LogP contribution is 2.10. The molecule has 0 saturated carbocycles. The van der Waals surface area contributed by atoms with Crippen molar-refractivity contribution in [2.75, 3.05) is 0 Å². The zero-order chi connectivity index (χ0) is 11.3. The number of carbonyl (C=O) groups excluding carboxylic acids is 1. The van der Waals surface area contributed by atoms with Crippen molar-refractivity contribution < 1.29 is 4.79 Å². The van der Waals surface area contributed by atoms with Crippen molar-refractivity contribution in [1.82, 2.24) is 15.0 Å². The van der Waals surface area contributed by atoms with Crippen LogP contribution in [-0.4, -0.2) is 27.0 Å². The third-order valence-electron chi connectivity index (χ3n) is 2.49. The minimum Gasteiger partial charge on any atom is -0.310 e. The highest BCUT2D eigenvalue weighted by molar-refractivity contribution is 5.81. The maximum absolute atomic E-state index is 10.4. The van der Waals surface area contributed by atoms with Gasteiger partial charge in [-0.25, -0.2) is 0 Å². The molecule has 0 saturated heterocycles.